The lowest BCUT2D eigenvalue weighted by molar-refractivity contribution is -0.385. The molecular formula is C30H27BrN3O2P. The highest BCUT2D eigenvalue weighted by Crippen LogP contribution is 2.55. The van der Waals surface area contributed by atoms with Gasteiger partial charge in [0.05, 0.1) is 16.2 Å². The number of allylic oxidation sites excluding steroid dienone is 1. The van der Waals surface area contributed by atoms with Gasteiger partial charge in [-0.2, -0.15) is 10.2 Å². The number of halogens is 1. The zero-order valence-corrected chi connectivity index (χ0v) is 22.9. The van der Waals surface area contributed by atoms with Crippen LogP contribution in [0.25, 0.3) is 6.08 Å². The molecule has 0 aliphatic heterocycles. The van der Waals surface area contributed by atoms with Gasteiger partial charge in [0.2, 0.25) is 0 Å². The normalized spacial score (nSPS) is 12.0. The van der Waals surface area contributed by atoms with Crippen LogP contribution in [0.4, 0.5) is 5.69 Å². The van der Waals surface area contributed by atoms with Gasteiger partial charge in [-0.05, 0) is 61.5 Å². The number of rotatable bonds is 9. The molecule has 4 aromatic rings. The van der Waals surface area contributed by atoms with Crippen molar-refractivity contribution in [3.8, 4) is 0 Å². The van der Waals surface area contributed by atoms with E-state index < -0.39 is 7.26 Å². The lowest BCUT2D eigenvalue weighted by Gasteiger charge is -2.27. The van der Waals surface area contributed by atoms with Gasteiger partial charge in [-0.15, -0.1) is 0 Å². The zero-order valence-electron chi connectivity index (χ0n) is 20.4. The van der Waals surface area contributed by atoms with Gasteiger partial charge in [0.25, 0.3) is 5.69 Å². The molecule has 186 valence electrons. The van der Waals surface area contributed by atoms with Crippen LogP contribution in [-0.2, 0) is 0 Å². The van der Waals surface area contributed by atoms with E-state index in [4.69, 9.17) is 0 Å². The highest BCUT2D eigenvalue weighted by Gasteiger charge is 2.45. The fourth-order valence-corrected chi connectivity index (χ4v) is 8.49. The van der Waals surface area contributed by atoms with Gasteiger partial charge in [-0.3, -0.25) is 10.1 Å². The summed E-state index contributed by atoms with van der Waals surface area (Å²) in [6.45, 7) is 2.01. The fourth-order valence-electron chi connectivity index (χ4n) is 4.26. The summed E-state index contributed by atoms with van der Waals surface area (Å²) in [6, 6.07) is 38.5. The average molecular weight is 572 g/mol. The van der Waals surface area contributed by atoms with Crippen molar-refractivity contribution in [2.45, 2.75) is 6.92 Å². The molecule has 0 fully saturated rings. The summed E-state index contributed by atoms with van der Waals surface area (Å²) in [7, 11) is -2.03. The summed E-state index contributed by atoms with van der Waals surface area (Å²) < 4.78 is 0. The van der Waals surface area contributed by atoms with Gasteiger partial charge < -0.3 is 17.0 Å². The summed E-state index contributed by atoms with van der Waals surface area (Å²) in [5.74, 6) is 0. The Bertz CT molecular complexity index is 1300. The van der Waals surface area contributed by atoms with E-state index in [0.717, 1.165) is 11.9 Å². The molecule has 4 aromatic carbocycles. The van der Waals surface area contributed by atoms with Crippen LogP contribution < -0.4 is 32.9 Å². The number of para-hydroxylation sites is 1. The molecule has 0 saturated carbocycles. The third kappa shape index (κ3) is 6.73. The van der Waals surface area contributed by atoms with Crippen LogP contribution in [-0.4, -0.2) is 23.0 Å². The van der Waals surface area contributed by atoms with Gasteiger partial charge in [0, 0.05) is 12.3 Å². The largest absolute Gasteiger partial charge is 1.00 e. The van der Waals surface area contributed by atoms with Crippen molar-refractivity contribution in [3.05, 3.63) is 137 Å². The standard InChI is InChI=1S/C30H27N3O2P.BrH/c1-25(32-31-23-13-15-26-14-11-12-22-30(26)33(34)35)24-36(27-16-5-2-6-17-27,28-18-7-3-8-19-28)29-20-9-4-10-21-29;/h2-23H,24H2,1H3;1H/q+1;/p-1/b15-13+,31-23+,32-25+;. The first kappa shape index (κ1) is 27.9. The van der Waals surface area contributed by atoms with Crippen molar-refractivity contribution >= 4 is 46.9 Å². The molecule has 0 radical (unpaired) electrons. The maximum Gasteiger partial charge on any atom is 0.276 e. The van der Waals surface area contributed by atoms with Crippen LogP contribution in [0.5, 0.6) is 0 Å². The third-order valence-corrected chi connectivity index (χ3v) is 10.3. The minimum absolute atomic E-state index is 0. The molecule has 5 nitrogen and oxygen atoms in total. The van der Waals surface area contributed by atoms with Crippen molar-refractivity contribution in [1.29, 1.82) is 0 Å². The Morgan fingerprint density at radius 1 is 0.784 bits per heavy atom. The molecule has 0 amide bonds. The Balaban J connectivity index is 0.00000380. The Morgan fingerprint density at radius 3 is 1.73 bits per heavy atom. The monoisotopic (exact) mass is 571 g/mol. The van der Waals surface area contributed by atoms with Crippen LogP contribution in [0, 0.1) is 10.1 Å². The Labute approximate surface area is 228 Å². The van der Waals surface area contributed by atoms with Crippen molar-refractivity contribution in [3.63, 3.8) is 0 Å². The Kier molecular flexibility index (Phi) is 10.2. The number of benzene rings is 4. The van der Waals surface area contributed by atoms with Crippen LogP contribution >= 0.6 is 7.26 Å². The van der Waals surface area contributed by atoms with E-state index in [-0.39, 0.29) is 27.6 Å². The highest BCUT2D eigenvalue weighted by atomic mass is 79.9. The van der Waals surface area contributed by atoms with Gasteiger partial charge >= 0.3 is 0 Å². The van der Waals surface area contributed by atoms with Crippen molar-refractivity contribution in [2.75, 3.05) is 6.16 Å². The topological polar surface area (TPSA) is 67.9 Å². The van der Waals surface area contributed by atoms with E-state index in [9.17, 15) is 10.1 Å². The summed E-state index contributed by atoms with van der Waals surface area (Å²) in [6.07, 6.45) is 5.65. The summed E-state index contributed by atoms with van der Waals surface area (Å²) >= 11 is 0. The number of nitrogens with zero attached hydrogens (tertiary/aromatic N) is 3. The van der Waals surface area contributed by atoms with E-state index >= 15 is 0 Å². The molecule has 0 aromatic heterocycles. The number of nitro groups is 1. The molecule has 0 unspecified atom stereocenters. The molecule has 0 saturated heterocycles. The molecule has 0 aliphatic carbocycles. The van der Waals surface area contributed by atoms with Gasteiger partial charge in [-0.1, -0.05) is 66.7 Å². The zero-order chi connectivity index (χ0) is 25.2. The maximum absolute atomic E-state index is 11.2. The van der Waals surface area contributed by atoms with Crippen LogP contribution in [0.3, 0.4) is 0 Å². The molecule has 37 heavy (non-hydrogen) atoms. The second kappa shape index (κ2) is 13.5. The molecule has 0 aliphatic rings. The van der Waals surface area contributed by atoms with E-state index in [0.29, 0.717) is 5.56 Å². The Hall–Kier alpha value is -3.73. The lowest BCUT2D eigenvalue weighted by Crippen LogP contribution is -3.00. The minimum Gasteiger partial charge on any atom is -1.00 e. The average Bonchev–Trinajstić information content (AvgIpc) is 2.93. The van der Waals surface area contributed by atoms with Gasteiger partial charge in [-0.25, -0.2) is 0 Å². The van der Waals surface area contributed by atoms with E-state index in [2.05, 4.69) is 83.0 Å². The molecule has 0 N–H and O–H groups in total. The first-order chi connectivity index (χ1) is 17.6. The highest BCUT2D eigenvalue weighted by molar-refractivity contribution is 7.96. The van der Waals surface area contributed by atoms with Crippen molar-refractivity contribution < 1.29 is 21.9 Å². The predicted molar refractivity (Wildman–Crippen MR) is 154 cm³/mol. The fraction of sp³-hybridized carbons (Fsp3) is 0.0667. The smallest absolute Gasteiger partial charge is 0.276 e. The molecule has 7 heteroatoms. The lowest BCUT2D eigenvalue weighted by atomic mass is 10.2. The number of hydrogen-bond acceptors (Lipinski definition) is 4. The third-order valence-electron chi connectivity index (χ3n) is 5.85. The summed E-state index contributed by atoms with van der Waals surface area (Å²) in [4.78, 5) is 10.8. The summed E-state index contributed by atoms with van der Waals surface area (Å²) in [5, 5.41) is 23.8. The second-order valence-electron chi connectivity index (χ2n) is 8.25. The second-order valence-corrected chi connectivity index (χ2v) is 11.7. The molecule has 4 rings (SSSR count). The molecule has 0 bridgehead atoms. The van der Waals surface area contributed by atoms with Gasteiger partial charge in [0.15, 0.2) is 0 Å². The van der Waals surface area contributed by atoms with E-state index in [1.807, 2.05) is 25.1 Å². The molecule has 0 heterocycles. The predicted octanol–water partition coefficient (Wildman–Crippen LogP) is 3.05. The van der Waals surface area contributed by atoms with Crippen LogP contribution in [0.15, 0.2) is 132 Å². The van der Waals surface area contributed by atoms with Crippen LogP contribution in [0.2, 0.25) is 0 Å². The molecule has 0 atom stereocenters. The van der Waals surface area contributed by atoms with Crippen LogP contribution in [0.1, 0.15) is 12.5 Å². The Morgan fingerprint density at radius 2 is 1.24 bits per heavy atom. The SMILES string of the molecule is C\C(C[P+](c1ccccc1)(c1ccccc1)c1ccccc1)=N/N=C/C=C/c1ccccc1[N+](=O)[O-].[Br-]. The van der Waals surface area contributed by atoms with Gasteiger partial charge in [0.1, 0.15) is 29.3 Å². The molecule has 0 spiro atoms. The first-order valence-electron chi connectivity index (χ1n) is 11.6. The number of hydrogen-bond donors (Lipinski definition) is 0. The quantitative estimate of drug-likeness (QED) is 0.134. The summed E-state index contributed by atoms with van der Waals surface area (Å²) in [5.41, 5.74) is 1.50. The maximum atomic E-state index is 11.2. The van der Waals surface area contributed by atoms with Crippen molar-refractivity contribution in [1.82, 2.24) is 0 Å². The first-order valence-corrected chi connectivity index (χ1v) is 13.6. The number of nitro benzene ring substituents is 1. The molecular weight excluding hydrogens is 545 g/mol. The van der Waals surface area contributed by atoms with E-state index in [1.165, 1.54) is 22.0 Å². The van der Waals surface area contributed by atoms with E-state index in [1.54, 1.807) is 36.6 Å². The van der Waals surface area contributed by atoms with Crippen molar-refractivity contribution in [2.24, 2.45) is 10.2 Å². The minimum atomic E-state index is -2.03.